The molecule has 5 nitrogen and oxygen atoms in total. The van der Waals surface area contributed by atoms with E-state index in [2.05, 4.69) is 18.1 Å². The monoisotopic (exact) mass is 445 g/mol. The fourth-order valence-electron chi connectivity index (χ4n) is 5.94. The highest BCUT2D eigenvalue weighted by molar-refractivity contribution is 5.94. The van der Waals surface area contributed by atoms with Crippen LogP contribution in [0.25, 0.3) is 11.8 Å². The second-order valence-electron chi connectivity index (χ2n) is 9.28. The van der Waals surface area contributed by atoms with Crippen LogP contribution < -0.4 is 5.73 Å². The minimum absolute atomic E-state index is 0.188. The zero-order chi connectivity index (χ0) is 23.2. The van der Waals surface area contributed by atoms with Crippen molar-refractivity contribution in [2.24, 2.45) is 11.1 Å². The molecule has 2 atom stereocenters. The summed E-state index contributed by atoms with van der Waals surface area (Å²) in [6.45, 7) is 2.13. The highest BCUT2D eigenvalue weighted by atomic mass is 19.1. The number of fused-ring (bicyclic) bond motifs is 2. The summed E-state index contributed by atoms with van der Waals surface area (Å²) in [5.74, 6) is -1.14. The Hall–Kier alpha value is -3.25. The third-order valence-corrected chi connectivity index (χ3v) is 7.75. The summed E-state index contributed by atoms with van der Waals surface area (Å²) >= 11 is 0. The molecule has 0 spiro atoms. The number of hydrogen-bond donors (Lipinski definition) is 2. The lowest BCUT2D eigenvalue weighted by Crippen LogP contribution is -2.47. The number of rotatable bonds is 6. The van der Waals surface area contributed by atoms with Gasteiger partial charge in [-0.25, -0.2) is 9.07 Å². The van der Waals surface area contributed by atoms with Crippen LogP contribution in [0, 0.1) is 11.2 Å². The van der Waals surface area contributed by atoms with Gasteiger partial charge in [0.25, 0.3) is 0 Å². The molecule has 3 aromatic rings. The maximum Gasteiger partial charge on any atom is 0.249 e. The number of aliphatic hydroxyl groups is 1. The van der Waals surface area contributed by atoms with E-state index >= 15 is 0 Å². The van der Waals surface area contributed by atoms with Crippen LogP contribution in [0.1, 0.15) is 59.8 Å². The summed E-state index contributed by atoms with van der Waals surface area (Å²) in [5, 5.41) is 16.6. The molecule has 2 aliphatic rings. The van der Waals surface area contributed by atoms with Gasteiger partial charge in [-0.2, -0.15) is 5.10 Å². The molecule has 0 radical (unpaired) electrons. The predicted octanol–water partition coefficient (Wildman–Crippen LogP) is 4.60. The summed E-state index contributed by atoms with van der Waals surface area (Å²) in [6, 6.07) is 14.2. The maximum atomic E-state index is 13.7. The average Bonchev–Trinajstić information content (AvgIpc) is 3.36. The second kappa shape index (κ2) is 7.96. The van der Waals surface area contributed by atoms with Crippen molar-refractivity contribution in [1.82, 2.24) is 9.78 Å². The molecule has 1 heterocycles. The number of benzene rings is 2. The molecule has 5 rings (SSSR count). The number of nitrogens with zero attached hydrogens (tertiary/aromatic N) is 2. The Kier molecular flexibility index (Phi) is 5.20. The number of aryl methyl sites for hydroxylation is 1. The van der Waals surface area contributed by atoms with E-state index in [1.807, 2.05) is 41.2 Å². The first kappa shape index (κ1) is 21.6. The van der Waals surface area contributed by atoms with E-state index < -0.39 is 17.3 Å². The molecule has 0 bridgehead atoms. The SMILES string of the molecule is CC[C@]12Cc3cnn(-c4ccccc4)c3C=C1CC[C@@]2(O)CCc1ccc(F)cc1C(N)=O. The number of aromatic nitrogens is 2. The summed E-state index contributed by atoms with van der Waals surface area (Å²) in [6.07, 6.45) is 8.06. The fraction of sp³-hybridized carbons (Fsp3) is 0.333. The minimum atomic E-state index is -0.927. The number of para-hydroxylation sites is 1. The molecular weight excluding hydrogens is 417 g/mol. The van der Waals surface area contributed by atoms with Crippen molar-refractivity contribution < 1.29 is 14.3 Å². The van der Waals surface area contributed by atoms with Crippen molar-refractivity contribution in [3.63, 3.8) is 0 Å². The number of hydrogen-bond acceptors (Lipinski definition) is 3. The molecule has 0 aliphatic heterocycles. The van der Waals surface area contributed by atoms with Crippen LogP contribution >= 0.6 is 0 Å². The molecule has 6 heteroatoms. The molecule has 1 aromatic heterocycles. The van der Waals surface area contributed by atoms with E-state index in [9.17, 15) is 14.3 Å². The molecule has 3 N–H and O–H groups in total. The minimum Gasteiger partial charge on any atom is -0.389 e. The first-order valence-electron chi connectivity index (χ1n) is 11.5. The topological polar surface area (TPSA) is 81.1 Å². The van der Waals surface area contributed by atoms with Gasteiger partial charge in [0.1, 0.15) is 5.82 Å². The van der Waals surface area contributed by atoms with Gasteiger partial charge in [-0.05, 0) is 80.0 Å². The molecule has 170 valence electrons. The number of carbonyl (C=O) groups excluding carboxylic acids is 1. The van der Waals surface area contributed by atoms with E-state index in [4.69, 9.17) is 5.73 Å². The van der Waals surface area contributed by atoms with E-state index in [0.717, 1.165) is 36.2 Å². The van der Waals surface area contributed by atoms with Crippen molar-refractivity contribution in [3.8, 4) is 5.69 Å². The molecule has 0 saturated heterocycles. The highest BCUT2D eigenvalue weighted by Gasteiger charge is 2.56. The Morgan fingerprint density at radius 1 is 1.24 bits per heavy atom. The van der Waals surface area contributed by atoms with E-state index in [-0.39, 0.29) is 11.0 Å². The number of amides is 1. The zero-order valence-corrected chi connectivity index (χ0v) is 18.7. The third-order valence-electron chi connectivity index (χ3n) is 7.75. The van der Waals surface area contributed by atoms with Crippen LogP contribution in [0.5, 0.6) is 0 Å². The summed E-state index contributed by atoms with van der Waals surface area (Å²) in [5.41, 5.74) is 9.52. The highest BCUT2D eigenvalue weighted by Crippen LogP contribution is 2.59. The van der Waals surface area contributed by atoms with Gasteiger partial charge in [0.05, 0.1) is 23.2 Å². The normalized spacial score (nSPS) is 23.7. The lowest BCUT2D eigenvalue weighted by molar-refractivity contribution is -0.0569. The number of primary amides is 1. The van der Waals surface area contributed by atoms with E-state index in [1.54, 1.807) is 6.07 Å². The molecule has 1 amide bonds. The quantitative estimate of drug-likeness (QED) is 0.582. The number of carbonyl (C=O) groups is 1. The number of halogens is 1. The summed E-state index contributed by atoms with van der Waals surface area (Å²) in [4.78, 5) is 11.8. The molecule has 0 unspecified atom stereocenters. The van der Waals surface area contributed by atoms with Gasteiger partial charge >= 0.3 is 0 Å². The molecule has 2 aromatic carbocycles. The van der Waals surface area contributed by atoms with Gasteiger partial charge in [-0.3, -0.25) is 4.79 Å². The van der Waals surface area contributed by atoms with Gasteiger partial charge in [0.15, 0.2) is 0 Å². The van der Waals surface area contributed by atoms with Crippen molar-refractivity contribution in [1.29, 1.82) is 0 Å². The predicted molar refractivity (Wildman–Crippen MR) is 125 cm³/mol. The van der Waals surface area contributed by atoms with Gasteiger partial charge in [0, 0.05) is 11.0 Å². The largest absolute Gasteiger partial charge is 0.389 e. The second-order valence-corrected chi connectivity index (χ2v) is 9.28. The number of nitrogens with two attached hydrogens (primary N) is 1. The third kappa shape index (κ3) is 3.40. The van der Waals surface area contributed by atoms with Crippen molar-refractivity contribution in [2.75, 3.05) is 0 Å². The lowest BCUT2D eigenvalue weighted by Gasteiger charge is -2.45. The van der Waals surface area contributed by atoms with Gasteiger partial charge in [-0.1, -0.05) is 36.8 Å². The van der Waals surface area contributed by atoms with Crippen LogP contribution in [-0.2, 0) is 12.8 Å². The summed E-state index contributed by atoms with van der Waals surface area (Å²) < 4.78 is 15.6. The van der Waals surface area contributed by atoms with Crippen LogP contribution in [0.4, 0.5) is 4.39 Å². The summed E-state index contributed by atoms with van der Waals surface area (Å²) in [7, 11) is 0. The first-order chi connectivity index (χ1) is 15.9. The standard InChI is InChI=1S/C27H28FN3O2/c1-2-26-16-19-17-30-31(22-6-4-3-5-7-22)24(19)14-20(26)11-13-27(26,33)12-10-18-8-9-21(28)15-23(18)25(29)32/h3-9,14-15,17,33H,2,10-13,16H2,1H3,(H2,29,32)/t26-,27-/m0/s1. The molecule has 1 fully saturated rings. The van der Waals surface area contributed by atoms with E-state index in [1.165, 1.54) is 17.7 Å². The van der Waals surface area contributed by atoms with E-state index in [0.29, 0.717) is 24.8 Å². The molecule has 33 heavy (non-hydrogen) atoms. The Labute approximate surface area is 192 Å². The van der Waals surface area contributed by atoms with Crippen LogP contribution in [0.3, 0.4) is 0 Å². The van der Waals surface area contributed by atoms with Gasteiger partial charge in [0.2, 0.25) is 5.91 Å². The van der Waals surface area contributed by atoms with Crippen LogP contribution in [0.15, 0.2) is 60.3 Å². The van der Waals surface area contributed by atoms with Crippen LogP contribution in [-0.4, -0.2) is 26.4 Å². The van der Waals surface area contributed by atoms with Crippen molar-refractivity contribution in [3.05, 3.63) is 88.5 Å². The fourth-order valence-corrected chi connectivity index (χ4v) is 5.94. The zero-order valence-electron chi connectivity index (χ0n) is 18.7. The molecule has 2 aliphatic carbocycles. The Balaban J connectivity index is 1.47. The first-order valence-corrected chi connectivity index (χ1v) is 11.5. The Bertz CT molecular complexity index is 1250. The Morgan fingerprint density at radius 2 is 2.03 bits per heavy atom. The molecular formula is C27H28FN3O2. The van der Waals surface area contributed by atoms with Crippen LogP contribution in [0.2, 0.25) is 0 Å². The Morgan fingerprint density at radius 3 is 2.76 bits per heavy atom. The van der Waals surface area contributed by atoms with Crippen molar-refractivity contribution in [2.45, 2.75) is 51.0 Å². The molecule has 1 saturated carbocycles. The lowest BCUT2D eigenvalue weighted by atomic mass is 9.63. The van der Waals surface area contributed by atoms with Gasteiger partial charge in [-0.15, -0.1) is 0 Å². The van der Waals surface area contributed by atoms with Crippen molar-refractivity contribution >= 4 is 12.0 Å². The van der Waals surface area contributed by atoms with Gasteiger partial charge < -0.3 is 10.8 Å². The maximum absolute atomic E-state index is 13.7. The smallest absolute Gasteiger partial charge is 0.249 e. The average molecular weight is 446 g/mol.